The van der Waals surface area contributed by atoms with E-state index in [9.17, 15) is 4.79 Å². The summed E-state index contributed by atoms with van der Waals surface area (Å²) in [4.78, 5) is 17.5. The summed E-state index contributed by atoms with van der Waals surface area (Å²) in [6.45, 7) is 5.91. The number of carbonyl (C=O) groups is 1. The first-order chi connectivity index (χ1) is 13.0. The first kappa shape index (κ1) is 17.0. The summed E-state index contributed by atoms with van der Waals surface area (Å²) in [6.07, 6.45) is 1.50. The summed E-state index contributed by atoms with van der Waals surface area (Å²) in [5.41, 5.74) is 5.37. The molecule has 1 aliphatic heterocycles. The third-order valence-corrected chi connectivity index (χ3v) is 4.83. The molecule has 0 fully saturated rings. The van der Waals surface area contributed by atoms with E-state index >= 15 is 0 Å². The van der Waals surface area contributed by atoms with Gasteiger partial charge in [-0.3, -0.25) is 4.79 Å². The van der Waals surface area contributed by atoms with E-state index in [0.29, 0.717) is 11.5 Å². The van der Waals surface area contributed by atoms with Crippen LogP contribution in [0.4, 0.5) is 11.6 Å². The number of carbonyl (C=O) groups excluding carboxylic acids is 1. The lowest BCUT2D eigenvalue weighted by molar-refractivity contribution is -0.113. The standard InChI is InChI=1S/C21H21N5O/c1-13-8-10-16(11-9-13)19-18(15(3)24-21-22-12-23-26(19)21)20(27)25-17-7-5-4-6-14(17)2/h4-12,19H,1-3H3,(H,25,27)(H,22,23,24). The normalized spacial score (nSPS) is 15.9. The molecule has 1 amide bonds. The molecular formula is C21H21N5O. The Morgan fingerprint density at radius 3 is 2.56 bits per heavy atom. The van der Waals surface area contributed by atoms with Crippen LogP contribution in [0, 0.1) is 13.8 Å². The van der Waals surface area contributed by atoms with E-state index < -0.39 is 0 Å². The topological polar surface area (TPSA) is 71.8 Å². The van der Waals surface area contributed by atoms with Crippen molar-refractivity contribution in [2.45, 2.75) is 26.8 Å². The van der Waals surface area contributed by atoms with Gasteiger partial charge in [0.2, 0.25) is 5.95 Å². The van der Waals surface area contributed by atoms with Gasteiger partial charge in [0.25, 0.3) is 5.91 Å². The van der Waals surface area contributed by atoms with Crippen LogP contribution in [0.3, 0.4) is 0 Å². The van der Waals surface area contributed by atoms with E-state index in [4.69, 9.17) is 0 Å². The highest BCUT2D eigenvalue weighted by molar-refractivity contribution is 6.06. The zero-order valence-corrected chi connectivity index (χ0v) is 15.5. The van der Waals surface area contributed by atoms with Crippen LogP contribution in [0.15, 0.2) is 66.1 Å². The molecule has 6 nitrogen and oxygen atoms in total. The summed E-state index contributed by atoms with van der Waals surface area (Å²) in [7, 11) is 0. The van der Waals surface area contributed by atoms with Crippen LogP contribution < -0.4 is 10.6 Å². The Bertz CT molecular complexity index is 1030. The molecule has 1 aromatic heterocycles. The molecule has 0 saturated carbocycles. The molecule has 4 rings (SSSR count). The van der Waals surface area contributed by atoms with Gasteiger partial charge < -0.3 is 10.6 Å². The summed E-state index contributed by atoms with van der Waals surface area (Å²) >= 11 is 0. The molecule has 0 saturated heterocycles. The van der Waals surface area contributed by atoms with Gasteiger partial charge >= 0.3 is 0 Å². The Morgan fingerprint density at radius 1 is 1.07 bits per heavy atom. The average Bonchev–Trinajstić information content (AvgIpc) is 3.11. The molecular weight excluding hydrogens is 338 g/mol. The zero-order valence-electron chi connectivity index (χ0n) is 15.5. The number of hydrogen-bond donors (Lipinski definition) is 2. The van der Waals surface area contributed by atoms with Gasteiger partial charge in [0.05, 0.1) is 5.57 Å². The van der Waals surface area contributed by atoms with Crippen LogP contribution in [-0.2, 0) is 4.79 Å². The summed E-state index contributed by atoms with van der Waals surface area (Å²) in [5, 5.41) is 10.6. The largest absolute Gasteiger partial charge is 0.328 e. The van der Waals surface area contributed by atoms with Gasteiger partial charge in [0.1, 0.15) is 12.4 Å². The number of rotatable bonds is 3. The molecule has 1 aliphatic rings. The van der Waals surface area contributed by atoms with Crippen molar-refractivity contribution < 1.29 is 4.79 Å². The fourth-order valence-electron chi connectivity index (χ4n) is 3.34. The minimum atomic E-state index is -0.339. The van der Waals surface area contributed by atoms with Gasteiger partial charge in [0, 0.05) is 11.4 Å². The van der Waals surface area contributed by atoms with Crippen molar-refractivity contribution in [1.29, 1.82) is 0 Å². The Balaban J connectivity index is 1.77. The number of aromatic nitrogens is 3. The molecule has 2 heterocycles. The van der Waals surface area contributed by atoms with Crippen LogP contribution in [0.1, 0.15) is 29.7 Å². The maximum atomic E-state index is 13.2. The third-order valence-electron chi connectivity index (χ3n) is 4.83. The Hall–Kier alpha value is -3.41. The van der Waals surface area contributed by atoms with Gasteiger partial charge in [0.15, 0.2) is 0 Å². The lowest BCUT2D eigenvalue weighted by Crippen LogP contribution is -2.31. The quantitative estimate of drug-likeness (QED) is 0.746. The number of fused-ring (bicyclic) bond motifs is 1. The zero-order chi connectivity index (χ0) is 19.0. The van der Waals surface area contributed by atoms with E-state index in [0.717, 1.165) is 28.1 Å². The molecule has 0 radical (unpaired) electrons. The summed E-state index contributed by atoms with van der Waals surface area (Å²) in [6, 6.07) is 15.6. The van der Waals surface area contributed by atoms with Crippen LogP contribution >= 0.6 is 0 Å². The van der Waals surface area contributed by atoms with Crippen molar-refractivity contribution in [1.82, 2.24) is 14.8 Å². The predicted molar refractivity (Wildman–Crippen MR) is 105 cm³/mol. The molecule has 0 bridgehead atoms. The van der Waals surface area contributed by atoms with E-state index in [2.05, 4.69) is 20.7 Å². The number of allylic oxidation sites excluding steroid dienone is 1. The number of para-hydroxylation sites is 1. The second kappa shape index (κ2) is 6.72. The van der Waals surface area contributed by atoms with E-state index in [1.165, 1.54) is 6.33 Å². The van der Waals surface area contributed by atoms with E-state index in [-0.39, 0.29) is 11.9 Å². The van der Waals surface area contributed by atoms with Crippen LogP contribution in [0.25, 0.3) is 0 Å². The monoisotopic (exact) mass is 359 g/mol. The van der Waals surface area contributed by atoms with Crippen molar-refractivity contribution >= 4 is 17.5 Å². The van der Waals surface area contributed by atoms with Gasteiger partial charge in [-0.2, -0.15) is 10.1 Å². The van der Waals surface area contributed by atoms with Crippen molar-refractivity contribution in [3.05, 3.63) is 82.8 Å². The molecule has 0 aliphatic carbocycles. The van der Waals surface area contributed by atoms with Gasteiger partial charge in [-0.15, -0.1) is 0 Å². The molecule has 1 unspecified atom stereocenters. The maximum absolute atomic E-state index is 13.2. The third kappa shape index (κ3) is 3.10. The van der Waals surface area contributed by atoms with Crippen LogP contribution in [-0.4, -0.2) is 20.7 Å². The highest BCUT2D eigenvalue weighted by atomic mass is 16.1. The molecule has 2 aromatic carbocycles. The SMILES string of the molecule is CC1=C(C(=O)Nc2ccccc2C)C(c2ccc(C)cc2)n2ncnc2N1. The lowest BCUT2D eigenvalue weighted by atomic mass is 9.94. The Labute approximate surface area is 157 Å². The number of aryl methyl sites for hydroxylation is 2. The lowest BCUT2D eigenvalue weighted by Gasteiger charge is -2.29. The summed E-state index contributed by atoms with van der Waals surface area (Å²) < 4.78 is 1.75. The number of amides is 1. The number of anilines is 2. The smallest absolute Gasteiger partial charge is 0.255 e. The second-order valence-electron chi connectivity index (χ2n) is 6.77. The van der Waals surface area contributed by atoms with Gasteiger partial charge in [-0.25, -0.2) is 4.68 Å². The number of hydrogen-bond acceptors (Lipinski definition) is 4. The molecule has 1 atom stereocenters. The Kier molecular flexibility index (Phi) is 4.24. The van der Waals surface area contributed by atoms with Gasteiger partial charge in [-0.1, -0.05) is 48.0 Å². The first-order valence-corrected chi connectivity index (χ1v) is 8.85. The number of benzene rings is 2. The molecule has 27 heavy (non-hydrogen) atoms. The maximum Gasteiger partial charge on any atom is 0.255 e. The van der Waals surface area contributed by atoms with Crippen molar-refractivity contribution in [3.8, 4) is 0 Å². The second-order valence-corrected chi connectivity index (χ2v) is 6.77. The Morgan fingerprint density at radius 2 is 1.81 bits per heavy atom. The van der Waals surface area contributed by atoms with Crippen molar-refractivity contribution in [3.63, 3.8) is 0 Å². The van der Waals surface area contributed by atoms with Gasteiger partial charge in [-0.05, 0) is 38.0 Å². The van der Waals surface area contributed by atoms with Crippen LogP contribution in [0.5, 0.6) is 0 Å². The number of nitrogens with one attached hydrogen (secondary N) is 2. The first-order valence-electron chi connectivity index (χ1n) is 8.85. The molecule has 3 aromatic rings. The van der Waals surface area contributed by atoms with Crippen molar-refractivity contribution in [2.24, 2.45) is 0 Å². The number of nitrogens with zero attached hydrogens (tertiary/aromatic N) is 3. The molecule has 0 spiro atoms. The van der Waals surface area contributed by atoms with E-state index in [1.807, 2.05) is 69.3 Å². The molecule has 136 valence electrons. The fraction of sp³-hybridized carbons (Fsp3) is 0.190. The highest BCUT2D eigenvalue weighted by Gasteiger charge is 2.33. The molecule has 2 N–H and O–H groups in total. The molecule has 6 heteroatoms. The summed E-state index contributed by atoms with van der Waals surface area (Å²) in [5.74, 6) is 0.478. The predicted octanol–water partition coefficient (Wildman–Crippen LogP) is 3.82. The fourth-order valence-corrected chi connectivity index (χ4v) is 3.34. The average molecular weight is 359 g/mol. The van der Waals surface area contributed by atoms with Crippen LogP contribution in [0.2, 0.25) is 0 Å². The van der Waals surface area contributed by atoms with E-state index in [1.54, 1.807) is 4.68 Å². The minimum Gasteiger partial charge on any atom is -0.328 e. The van der Waals surface area contributed by atoms with Crippen molar-refractivity contribution in [2.75, 3.05) is 10.6 Å². The minimum absolute atomic E-state index is 0.152. The highest BCUT2D eigenvalue weighted by Crippen LogP contribution is 2.35.